The number of phosphoric acid groups is 2. The van der Waals surface area contributed by atoms with Gasteiger partial charge in [-0.3, -0.25) is 37.3 Å². The lowest BCUT2D eigenvalue weighted by molar-refractivity contribution is -0.161. The lowest BCUT2D eigenvalue weighted by Gasteiger charge is -2.21. The van der Waals surface area contributed by atoms with Gasteiger partial charge in [-0.25, -0.2) is 9.13 Å². The van der Waals surface area contributed by atoms with Gasteiger partial charge in [-0.05, 0) is 37.5 Å². The highest BCUT2D eigenvalue weighted by Crippen LogP contribution is 2.45. The molecule has 0 spiro atoms. The zero-order valence-electron chi connectivity index (χ0n) is 62.0. The average molecular weight is 1400 g/mol. The molecule has 0 radical (unpaired) electrons. The third-order valence-corrected chi connectivity index (χ3v) is 20.0. The van der Waals surface area contributed by atoms with E-state index in [0.29, 0.717) is 25.7 Å². The Balaban J connectivity index is 5.09. The van der Waals surface area contributed by atoms with E-state index in [1.54, 1.807) is 0 Å². The van der Waals surface area contributed by atoms with Crippen molar-refractivity contribution in [3.8, 4) is 0 Å². The molecule has 95 heavy (non-hydrogen) atoms. The number of ether oxygens (including phenoxy) is 4. The van der Waals surface area contributed by atoms with E-state index >= 15 is 0 Å². The van der Waals surface area contributed by atoms with E-state index in [4.69, 9.17) is 37.0 Å². The Bertz CT molecular complexity index is 1840. The van der Waals surface area contributed by atoms with Gasteiger partial charge >= 0.3 is 39.5 Å². The van der Waals surface area contributed by atoms with Crippen LogP contribution in [0.1, 0.15) is 395 Å². The molecule has 6 atom stereocenters. The molecule has 0 heterocycles. The smallest absolute Gasteiger partial charge is 0.462 e. The maximum Gasteiger partial charge on any atom is 0.472 e. The molecule has 564 valence electrons. The molecule has 3 N–H and O–H groups in total. The number of esters is 4. The molecular formula is C76H148O17P2. The first kappa shape index (κ1) is 93.1. The molecule has 0 aromatic carbocycles. The molecule has 0 aliphatic carbocycles. The highest BCUT2D eigenvalue weighted by Gasteiger charge is 2.30. The van der Waals surface area contributed by atoms with E-state index in [2.05, 4.69) is 41.5 Å². The van der Waals surface area contributed by atoms with Crippen molar-refractivity contribution < 1.29 is 80.2 Å². The Kier molecular flexibility index (Phi) is 66.5. The largest absolute Gasteiger partial charge is 0.472 e. The standard InChI is InChI=1S/C76H148O17P2/c1-7-10-12-14-15-34-42-48-54-60-75(80)92-71(64-86-73(78)58-52-44-13-11-8-2)66-90-94(82,83)88-62-70(77)63-89-95(84,85)91-67-72(65-87-74(79)59-53-47-41-37-32-28-24-21-20-22-26-30-35-39-45-50-56-68(4)5)93-76(81)61-55-49-43-38-33-29-25-19-17-16-18-23-27-31-36-40-46-51-57-69(6)9-3/h68-72,77H,7-67H2,1-6H3,(H,82,83)(H,84,85)/t69?,70-,71+,72+/m0/s1. The van der Waals surface area contributed by atoms with Crippen molar-refractivity contribution in [2.24, 2.45) is 11.8 Å². The first-order valence-electron chi connectivity index (χ1n) is 39.5. The molecule has 0 bridgehead atoms. The second-order valence-corrected chi connectivity index (χ2v) is 31.0. The van der Waals surface area contributed by atoms with Crippen LogP contribution < -0.4 is 0 Å². The highest BCUT2D eigenvalue weighted by molar-refractivity contribution is 7.47. The number of unbranched alkanes of at least 4 members (excludes halogenated alkanes) is 44. The lowest BCUT2D eigenvalue weighted by atomic mass is 9.99. The molecule has 0 saturated carbocycles. The Morgan fingerprint density at radius 2 is 0.537 bits per heavy atom. The van der Waals surface area contributed by atoms with Gasteiger partial charge in [-0.2, -0.15) is 0 Å². The van der Waals surface area contributed by atoms with Crippen LogP contribution in [0.25, 0.3) is 0 Å². The molecule has 0 aliphatic rings. The van der Waals surface area contributed by atoms with E-state index in [-0.39, 0.29) is 25.7 Å². The highest BCUT2D eigenvalue weighted by atomic mass is 31.2. The van der Waals surface area contributed by atoms with Gasteiger partial charge in [0.2, 0.25) is 0 Å². The van der Waals surface area contributed by atoms with Crippen molar-refractivity contribution >= 4 is 39.5 Å². The summed E-state index contributed by atoms with van der Waals surface area (Å²) in [6.45, 7) is 9.58. The van der Waals surface area contributed by atoms with E-state index in [1.165, 1.54) is 205 Å². The molecule has 0 fully saturated rings. The van der Waals surface area contributed by atoms with Gasteiger partial charge in [0.25, 0.3) is 0 Å². The topological polar surface area (TPSA) is 237 Å². The minimum absolute atomic E-state index is 0.105. The first-order valence-corrected chi connectivity index (χ1v) is 42.5. The third-order valence-electron chi connectivity index (χ3n) is 18.1. The number of carbonyl (C=O) groups is 4. The summed E-state index contributed by atoms with van der Waals surface area (Å²) in [5, 5.41) is 10.6. The summed E-state index contributed by atoms with van der Waals surface area (Å²) >= 11 is 0. The number of aliphatic hydroxyl groups excluding tert-OH is 1. The van der Waals surface area contributed by atoms with Crippen LogP contribution in [0.2, 0.25) is 0 Å². The van der Waals surface area contributed by atoms with Crippen LogP contribution in [-0.2, 0) is 65.4 Å². The number of phosphoric ester groups is 2. The summed E-state index contributed by atoms with van der Waals surface area (Å²) in [6.07, 6.45) is 56.1. The van der Waals surface area contributed by atoms with E-state index in [1.807, 2.05) is 0 Å². The van der Waals surface area contributed by atoms with E-state index in [9.17, 15) is 43.2 Å². The Morgan fingerprint density at radius 3 is 0.800 bits per heavy atom. The Morgan fingerprint density at radius 1 is 0.305 bits per heavy atom. The van der Waals surface area contributed by atoms with Crippen molar-refractivity contribution in [3.05, 3.63) is 0 Å². The fraction of sp³-hybridized carbons (Fsp3) is 0.947. The van der Waals surface area contributed by atoms with Crippen molar-refractivity contribution in [1.29, 1.82) is 0 Å². The van der Waals surface area contributed by atoms with E-state index < -0.39 is 97.5 Å². The minimum Gasteiger partial charge on any atom is -0.462 e. The van der Waals surface area contributed by atoms with Crippen LogP contribution >= 0.6 is 15.6 Å². The molecule has 17 nitrogen and oxygen atoms in total. The van der Waals surface area contributed by atoms with Gasteiger partial charge in [0.1, 0.15) is 19.3 Å². The van der Waals surface area contributed by atoms with Crippen LogP contribution in [0.15, 0.2) is 0 Å². The van der Waals surface area contributed by atoms with Gasteiger partial charge in [-0.15, -0.1) is 0 Å². The molecule has 3 unspecified atom stereocenters. The van der Waals surface area contributed by atoms with Gasteiger partial charge in [0, 0.05) is 25.7 Å². The summed E-state index contributed by atoms with van der Waals surface area (Å²) < 4.78 is 68.2. The first-order chi connectivity index (χ1) is 45.9. The van der Waals surface area contributed by atoms with Gasteiger partial charge in [0.15, 0.2) is 12.2 Å². The second-order valence-electron chi connectivity index (χ2n) is 28.1. The molecule has 0 aromatic rings. The van der Waals surface area contributed by atoms with E-state index in [0.717, 1.165) is 108 Å². The Hall–Kier alpha value is -1.94. The molecule has 0 rings (SSSR count). The molecule has 0 saturated heterocycles. The normalized spacial score (nSPS) is 14.3. The van der Waals surface area contributed by atoms with Crippen LogP contribution in [0, 0.1) is 11.8 Å². The van der Waals surface area contributed by atoms with Crippen molar-refractivity contribution in [1.82, 2.24) is 0 Å². The number of carbonyl (C=O) groups excluding carboxylic acids is 4. The van der Waals surface area contributed by atoms with Crippen molar-refractivity contribution in [2.45, 2.75) is 413 Å². The third kappa shape index (κ3) is 69.0. The molecule has 19 heteroatoms. The zero-order chi connectivity index (χ0) is 70.0. The average Bonchev–Trinajstić information content (AvgIpc) is 2.06. The van der Waals surface area contributed by atoms with Crippen LogP contribution in [0.5, 0.6) is 0 Å². The maximum atomic E-state index is 13.1. The number of aliphatic hydroxyl groups is 1. The summed E-state index contributed by atoms with van der Waals surface area (Å²) in [7, 11) is -9.89. The monoisotopic (exact) mass is 1400 g/mol. The fourth-order valence-corrected chi connectivity index (χ4v) is 13.2. The SMILES string of the molecule is CCCCCCCCCCCC(=O)O[C@H](COC(=O)CCCCCCC)COP(=O)(O)OC[C@H](O)COP(=O)(O)OC[C@@H](COC(=O)CCCCCCCCCCCCCCCCCCC(C)C)OC(=O)CCCCCCCCCCCCCCCCCCCCC(C)CC. The number of rotatable bonds is 75. The summed E-state index contributed by atoms with van der Waals surface area (Å²) in [5.41, 5.74) is 0. The number of hydrogen-bond donors (Lipinski definition) is 3. The molecular weight excluding hydrogens is 1250 g/mol. The minimum atomic E-state index is -4.95. The summed E-state index contributed by atoms with van der Waals surface area (Å²) in [4.78, 5) is 72.4. The summed E-state index contributed by atoms with van der Waals surface area (Å²) in [5.74, 6) is -0.446. The van der Waals surface area contributed by atoms with Crippen molar-refractivity contribution in [2.75, 3.05) is 39.6 Å². The number of hydrogen-bond acceptors (Lipinski definition) is 15. The lowest BCUT2D eigenvalue weighted by Crippen LogP contribution is -2.30. The fourth-order valence-electron chi connectivity index (χ4n) is 11.6. The van der Waals surface area contributed by atoms with Gasteiger partial charge in [0.05, 0.1) is 26.4 Å². The van der Waals surface area contributed by atoms with Crippen LogP contribution in [-0.4, -0.2) is 96.7 Å². The molecule has 0 aliphatic heterocycles. The zero-order valence-corrected chi connectivity index (χ0v) is 63.8. The molecule has 0 aromatic heterocycles. The van der Waals surface area contributed by atoms with Gasteiger partial charge < -0.3 is 33.8 Å². The quantitative estimate of drug-likeness (QED) is 0.0222. The predicted molar refractivity (Wildman–Crippen MR) is 386 cm³/mol. The predicted octanol–water partition coefficient (Wildman–Crippen LogP) is 22.3. The maximum absolute atomic E-state index is 13.1. The van der Waals surface area contributed by atoms with Crippen LogP contribution in [0.3, 0.4) is 0 Å². The summed E-state index contributed by atoms with van der Waals surface area (Å²) in [6, 6.07) is 0. The van der Waals surface area contributed by atoms with Crippen molar-refractivity contribution in [3.63, 3.8) is 0 Å². The second kappa shape index (κ2) is 67.9. The molecule has 0 amide bonds. The van der Waals surface area contributed by atoms with Crippen LogP contribution in [0.4, 0.5) is 0 Å². The van der Waals surface area contributed by atoms with Gasteiger partial charge in [-0.1, -0.05) is 343 Å². The Labute approximate surface area is 581 Å².